The van der Waals surface area contributed by atoms with Gasteiger partial charge in [0.25, 0.3) is 0 Å². The van der Waals surface area contributed by atoms with Crippen LogP contribution in [0.25, 0.3) is 17.8 Å². The number of phenols is 1. The Morgan fingerprint density at radius 1 is 0.879 bits per heavy atom. The highest BCUT2D eigenvalue weighted by atomic mass is 32.2. The van der Waals surface area contributed by atoms with Gasteiger partial charge in [-0.2, -0.15) is 0 Å². The number of benzene rings is 1. The van der Waals surface area contributed by atoms with E-state index in [4.69, 9.17) is 5.10 Å². The summed E-state index contributed by atoms with van der Waals surface area (Å²) in [6, 6.07) is 4.19. The summed E-state index contributed by atoms with van der Waals surface area (Å²) in [7, 11) is 0. The van der Waals surface area contributed by atoms with Gasteiger partial charge >= 0.3 is 0 Å². The molecule has 5 heteroatoms. The van der Waals surface area contributed by atoms with Crippen LogP contribution in [0.5, 0.6) is 5.75 Å². The Bertz CT molecular complexity index is 872. The van der Waals surface area contributed by atoms with Crippen LogP contribution >= 0.6 is 11.8 Å². The van der Waals surface area contributed by atoms with E-state index in [-0.39, 0.29) is 0 Å². The van der Waals surface area contributed by atoms with Crippen molar-refractivity contribution in [3.05, 3.63) is 46.6 Å². The maximum Gasteiger partial charge on any atom is 0.146 e. The van der Waals surface area contributed by atoms with E-state index in [1.807, 2.05) is 23.9 Å². The summed E-state index contributed by atoms with van der Waals surface area (Å²) in [6.45, 7) is 10.5. The molecule has 0 radical (unpaired) electrons. The molecule has 1 N–H and O–H groups in total. The SMILES string of the molecule is C=Cc1nn(-c2cc(CCCC)cc(CCCC)c2O)nc1/C=C/SCCCCCCCC. The number of thioether (sulfide) groups is 1. The second-order valence-corrected chi connectivity index (χ2v) is 9.75. The molecule has 0 aliphatic heterocycles. The molecule has 1 heterocycles. The number of aromatic nitrogens is 3. The lowest BCUT2D eigenvalue weighted by atomic mass is 10.00. The summed E-state index contributed by atoms with van der Waals surface area (Å²) < 4.78 is 0. The van der Waals surface area contributed by atoms with E-state index in [0.29, 0.717) is 11.4 Å². The Morgan fingerprint density at radius 2 is 1.55 bits per heavy atom. The molecule has 0 atom stereocenters. The molecule has 2 rings (SSSR count). The summed E-state index contributed by atoms with van der Waals surface area (Å²) >= 11 is 1.82. The Balaban J connectivity index is 2.13. The fourth-order valence-electron chi connectivity index (χ4n) is 3.82. The number of hydrogen-bond acceptors (Lipinski definition) is 4. The van der Waals surface area contributed by atoms with E-state index in [2.05, 4.69) is 43.9 Å². The standard InChI is InChI=1S/C28H43N3OS/c1-5-9-12-13-14-15-19-33-20-18-26-25(8-4)29-31(30-26)27-22-23(16-10-6-2)21-24(28(27)32)17-11-7-3/h8,18,20-22,32H,4-7,9-17,19H2,1-3H3/b20-18+. The summed E-state index contributed by atoms with van der Waals surface area (Å²) in [4.78, 5) is 1.58. The van der Waals surface area contributed by atoms with Crippen LogP contribution in [-0.2, 0) is 12.8 Å². The molecule has 182 valence electrons. The van der Waals surface area contributed by atoms with Crippen molar-refractivity contribution >= 4 is 23.9 Å². The molecule has 0 bridgehead atoms. The van der Waals surface area contributed by atoms with Gasteiger partial charge in [-0.3, -0.25) is 0 Å². The number of rotatable bonds is 17. The molecule has 1 aromatic carbocycles. The largest absolute Gasteiger partial charge is 0.505 e. The van der Waals surface area contributed by atoms with Gasteiger partial charge in [0.2, 0.25) is 0 Å². The van der Waals surface area contributed by atoms with E-state index in [9.17, 15) is 5.11 Å². The zero-order chi connectivity index (χ0) is 23.9. The van der Waals surface area contributed by atoms with Gasteiger partial charge in [-0.25, -0.2) is 0 Å². The average Bonchev–Trinajstić information content (AvgIpc) is 3.24. The molecule has 0 unspecified atom stereocenters. The first-order chi connectivity index (χ1) is 16.1. The van der Waals surface area contributed by atoms with E-state index in [1.54, 1.807) is 10.9 Å². The summed E-state index contributed by atoms with van der Waals surface area (Å²) in [5.74, 6) is 1.42. The molecular formula is C28H43N3OS. The van der Waals surface area contributed by atoms with Crippen LogP contribution in [0, 0.1) is 0 Å². The second-order valence-electron chi connectivity index (χ2n) is 8.74. The van der Waals surface area contributed by atoms with Gasteiger partial charge in [0.15, 0.2) is 0 Å². The minimum Gasteiger partial charge on any atom is -0.505 e. The van der Waals surface area contributed by atoms with E-state index in [1.165, 1.54) is 44.1 Å². The number of hydrogen-bond donors (Lipinski definition) is 1. The van der Waals surface area contributed by atoms with Gasteiger partial charge in [0.05, 0.1) is 0 Å². The quantitative estimate of drug-likeness (QED) is 0.236. The molecule has 0 saturated heterocycles. The van der Waals surface area contributed by atoms with Gasteiger partial charge < -0.3 is 5.11 Å². The van der Waals surface area contributed by atoms with E-state index < -0.39 is 0 Å². The molecule has 0 amide bonds. The van der Waals surface area contributed by atoms with Crippen LogP contribution in [0.2, 0.25) is 0 Å². The van der Waals surface area contributed by atoms with Crippen LogP contribution in [0.15, 0.2) is 24.1 Å². The maximum atomic E-state index is 11.0. The zero-order valence-electron chi connectivity index (χ0n) is 21.0. The molecule has 0 aliphatic carbocycles. The summed E-state index contributed by atoms with van der Waals surface area (Å²) in [5, 5.41) is 22.4. The number of aryl methyl sites for hydroxylation is 2. The predicted octanol–water partition coefficient (Wildman–Crippen LogP) is 8.37. The highest BCUT2D eigenvalue weighted by Gasteiger charge is 2.15. The first-order valence-corrected chi connectivity index (χ1v) is 13.9. The first kappa shape index (κ1) is 27.2. The predicted molar refractivity (Wildman–Crippen MR) is 145 cm³/mol. The summed E-state index contributed by atoms with van der Waals surface area (Å²) in [6.07, 6.45) is 17.9. The Labute approximate surface area is 205 Å². The monoisotopic (exact) mass is 469 g/mol. The van der Waals surface area contributed by atoms with Crippen molar-refractivity contribution < 1.29 is 5.11 Å². The lowest BCUT2D eigenvalue weighted by Gasteiger charge is -2.12. The molecule has 4 nitrogen and oxygen atoms in total. The lowest BCUT2D eigenvalue weighted by Crippen LogP contribution is -2.03. The highest BCUT2D eigenvalue weighted by Crippen LogP contribution is 2.30. The molecule has 0 aliphatic rings. The van der Waals surface area contributed by atoms with Gasteiger partial charge in [0, 0.05) is 0 Å². The molecule has 2 aromatic rings. The number of unbranched alkanes of at least 4 members (excludes halogenated alkanes) is 7. The zero-order valence-corrected chi connectivity index (χ0v) is 21.8. The van der Waals surface area contributed by atoms with Crippen LogP contribution in [0.4, 0.5) is 0 Å². The van der Waals surface area contributed by atoms with Crippen molar-refractivity contribution in [2.75, 3.05) is 5.75 Å². The Kier molecular flexibility index (Phi) is 13.0. The van der Waals surface area contributed by atoms with Crippen LogP contribution < -0.4 is 0 Å². The second kappa shape index (κ2) is 15.8. The van der Waals surface area contributed by atoms with Crippen molar-refractivity contribution in [3.8, 4) is 11.4 Å². The average molecular weight is 470 g/mol. The molecule has 33 heavy (non-hydrogen) atoms. The molecule has 0 saturated carbocycles. The minimum absolute atomic E-state index is 0.294. The number of nitrogens with zero attached hydrogens (tertiary/aromatic N) is 3. The van der Waals surface area contributed by atoms with Crippen molar-refractivity contribution in [2.45, 2.75) is 97.8 Å². The molecule has 1 aromatic heterocycles. The van der Waals surface area contributed by atoms with Gasteiger partial charge in [-0.1, -0.05) is 78.4 Å². The maximum absolute atomic E-state index is 11.0. The van der Waals surface area contributed by atoms with Crippen molar-refractivity contribution in [1.29, 1.82) is 0 Å². The van der Waals surface area contributed by atoms with Crippen LogP contribution in [-0.4, -0.2) is 25.9 Å². The van der Waals surface area contributed by atoms with E-state index in [0.717, 1.165) is 61.2 Å². The number of phenolic OH excluding ortho intramolecular Hbond substituents is 1. The highest BCUT2D eigenvalue weighted by molar-refractivity contribution is 8.02. The Morgan fingerprint density at radius 3 is 2.27 bits per heavy atom. The number of aromatic hydroxyl groups is 1. The fourth-order valence-corrected chi connectivity index (χ4v) is 4.56. The molecule has 0 spiro atoms. The van der Waals surface area contributed by atoms with Gasteiger partial charge in [-0.15, -0.1) is 26.8 Å². The normalized spacial score (nSPS) is 11.5. The molecular weight excluding hydrogens is 426 g/mol. The lowest BCUT2D eigenvalue weighted by molar-refractivity contribution is 0.458. The summed E-state index contributed by atoms with van der Waals surface area (Å²) in [5.41, 5.74) is 4.41. The third-order valence-electron chi connectivity index (χ3n) is 5.86. The fraction of sp³-hybridized carbons (Fsp3) is 0.571. The van der Waals surface area contributed by atoms with Crippen molar-refractivity contribution in [1.82, 2.24) is 15.0 Å². The molecule has 0 fully saturated rings. The van der Waals surface area contributed by atoms with E-state index >= 15 is 0 Å². The van der Waals surface area contributed by atoms with Crippen LogP contribution in [0.1, 0.15) is 107 Å². The third-order valence-corrected chi connectivity index (χ3v) is 6.71. The Hall–Kier alpha value is -2.01. The van der Waals surface area contributed by atoms with Gasteiger partial charge in [-0.05, 0) is 72.6 Å². The van der Waals surface area contributed by atoms with Crippen molar-refractivity contribution in [3.63, 3.8) is 0 Å². The topological polar surface area (TPSA) is 50.9 Å². The van der Waals surface area contributed by atoms with Crippen LogP contribution in [0.3, 0.4) is 0 Å². The van der Waals surface area contributed by atoms with Crippen molar-refractivity contribution in [2.24, 2.45) is 0 Å². The first-order valence-electron chi connectivity index (χ1n) is 12.9. The smallest absolute Gasteiger partial charge is 0.146 e. The minimum atomic E-state index is 0.294. The van der Waals surface area contributed by atoms with Gasteiger partial charge in [0.1, 0.15) is 22.8 Å². The third kappa shape index (κ3) is 9.04.